The van der Waals surface area contributed by atoms with Crippen LogP contribution < -0.4 is 11.3 Å². The van der Waals surface area contributed by atoms with Crippen molar-refractivity contribution in [3.05, 3.63) is 34.6 Å². The minimum Gasteiger partial charge on any atom is -0.271 e. The lowest BCUT2D eigenvalue weighted by molar-refractivity contribution is 0.434. The molecule has 3 N–H and O–H groups in total. The number of hydrogen-bond donors (Lipinski definition) is 2. The highest BCUT2D eigenvalue weighted by molar-refractivity contribution is 6.30. The normalized spacial score (nSPS) is 13.1. The van der Waals surface area contributed by atoms with Crippen molar-refractivity contribution in [3.63, 3.8) is 0 Å². The van der Waals surface area contributed by atoms with Crippen molar-refractivity contribution in [2.45, 2.75) is 32.7 Å². The number of hydrogen-bond acceptors (Lipinski definition) is 2. The SMILES string of the molecule is CC(C)CCC(NN)c1cccc(Cl)c1F. The van der Waals surface area contributed by atoms with Gasteiger partial charge in [0.2, 0.25) is 0 Å². The van der Waals surface area contributed by atoms with Crippen LogP contribution in [-0.2, 0) is 0 Å². The van der Waals surface area contributed by atoms with Gasteiger partial charge in [-0.1, -0.05) is 37.6 Å². The van der Waals surface area contributed by atoms with Gasteiger partial charge in [-0.25, -0.2) is 4.39 Å². The molecular weight excluding hydrogens is 227 g/mol. The van der Waals surface area contributed by atoms with Crippen molar-refractivity contribution < 1.29 is 4.39 Å². The fourth-order valence-electron chi connectivity index (χ4n) is 1.62. The molecule has 16 heavy (non-hydrogen) atoms. The molecule has 0 bridgehead atoms. The van der Waals surface area contributed by atoms with E-state index in [-0.39, 0.29) is 16.9 Å². The second-order valence-corrected chi connectivity index (χ2v) is 4.74. The van der Waals surface area contributed by atoms with Gasteiger partial charge in [0.15, 0.2) is 0 Å². The second-order valence-electron chi connectivity index (χ2n) is 4.33. The molecule has 1 aromatic rings. The predicted molar refractivity (Wildman–Crippen MR) is 65.5 cm³/mol. The van der Waals surface area contributed by atoms with Gasteiger partial charge in [-0.05, 0) is 24.8 Å². The van der Waals surface area contributed by atoms with Gasteiger partial charge in [-0.2, -0.15) is 0 Å². The van der Waals surface area contributed by atoms with E-state index in [1.165, 1.54) is 6.07 Å². The van der Waals surface area contributed by atoms with Gasteiger partial charge in [0.25, 0.3) is 0 Å². The maximum Gasteiger partial charge on any atom is 0.146 e. The molecule has 1 aromatic carbocycles. The Morgan fingerprint density at radius 3 is 2.62 bits per heavy atom. The minimum atomic E-state index is -0.379. The summed E-state index contributed by atoms with van der Waals surface area (Å²) in [5.74, 6) is 5.64. The van der Waals surface area contributed by atoms with Gasteiger partial charge in [0.05, 0.1) is 5.02 Å². The highest BCUT2D eigenvalue weighted by Crippen LogP contribution is 2.26. The van der Waals surface area contributed by atoms with E-state index < -0.39 is 0 Å². The molecule has 0 heterocycles. The van der Waals surface area contributed by atoms with Crippen LogP contribution in [0.25, 0.3) is 0 Å². The van der Waals surface area contributed by atoms with Crippen LogP contribution in [0.4, 0.5) is 4.39 Å². The van der Waals surface area contributed by atoms with E-state index in [2.05, 4.69) is 19.3 Å². The van der Waals surface area contributed by atoms with Crippen LogP contribution >= 0.6 is 11.6 Å². The van der Waals surface area contributed by atoms with Crippen molar-refractivity contribution in [2.24, 2.45) is 11.8 Å². The first kappa shape index (κ1) is 13.4. The molecule has 0 amide bonds. The summed E-state index contributed by atoms with van der Waals surface area (Å²) in [5.41, 5.74) is 3.18. The van der Waals surface area contributed by atoms with Crippen molar-refractivity contribution in [3.8, 4) is 0 Å². The zero-order chi connectivity index (χ0) is 12.1. The lowest BCUT2D eigenvalue weighted by Gasteiger charge is -2.18. The maximum absolute atomic E-state index is 13.7. The third-order valence-corrected chi connectivity index (χ3v) is 2.88. The molecule has 0 saturated heterocycles. The first-order chi connectivity index (χ1) is 7.56. The third-order valence-electron chi connectivity index (χ3n) is 2.59. The Labute approximate surface area is 101 Å². The van der Waals surface area contributed by atoms with Crippen molar-refractivity contribution in [1.29, 1.82) is 0 Å². The number of rotatable bonds is 5. The maximum atomic E-state index is 13.7. The molecule has 0 spiro atoms. The van der Waals surface area contributed by atoms with E-state index in [1.54, 1.807) is 12.1 Å². The molecule has 0 radical (unpaired) electrons. The quantitative estimate of drug-likeness (QED) is 0.615. The van der Waals surface area contributed by atoms with Gasteiger partial charge >= 0.3 is 0 Å². The summed E-state index contributed by atoms with van der Waals surface area (Å²) >= 11 is 5.73. The van der Waals surface area contributed by atoms with Crippen LogP contribution in [0.3, 0.4) is 0 Å². The van der Waals surface area contributed by atoms with E-state index in [0.717, 1.165) is 12.8 Å². The fourth-order valence-corrected chi connectivity index (χ4v) is 1.80. The summed E-state index contributed by atoms with van der Waals surface area (Å²) in [4.78, 5) is 0. The molecule has 1 unspecified atom stereocenters. The van der Waals surface area contributed by atoms with Gasteiger partial charge in [0.1, 0.15) is 5.82 Å². The lowest BCUT2D eigenvalue weighted by Crippen LogP contribution is -2.29. The molecule has 0 aliphatic carbocycles. The second kappa shape index (κ2) is 6.18. The lowest BCUT2D eigenvalue weighted by atomic mass is 9.98. The minimum absolute atomic E-state index is 0.141. The molecule has 0 saturated carbocycles. The molecule has 2 nitrogen and oxygen atoms in total. The molecule has 90 valence electrons. The molecular formula is C12H18ClFN2. The number of hydrazine groups is 1. The molecule has 0 aliphatic heterocycles. The monoisotopic (exact) mass is 244 g/mol. The van der Waals surface area contributed by atoms with Crippen molar-refractivity contribution in [2.75, 3.05) is 0 Å². The van der Waals surface area contributed by atoms with Crippen LogP contribution in [0.2, 0.25) is 5.02 Å². The van der Waals surface area contributed by atoms with Crippen molar-refractivity contribution >= 4 is 11.6 Å². The topological polar surface area (TPSA) is 38.0 Å². The standard InChI is InChI=1S/C12H18ClFN2/c1-8(2)6-7-11(16-15)9-4-3-5-10(13)12(9)14/h3-5,8,11,16H,6-7,15H2,1-2H3. The van der Waals surface area contributed by atoms with E-state index in [1.807, 2.05) is 0 Å². The number of halogens is 2. The van der Waals surface area contributed by atoms with Crippen molar-refractivity contribution in [1.82, 2.24) is 5.43 Å². The molecule has 1 atom stereocenters. The Morgan fingerprint density at radius 1 is 1.38 bits per heavy atom. The van der Waals surface area contributed by atoms with E-state index in [0.29, 0.717) is 11.5 Å². The largest absolute Gasteiger partial charge is 0.271 e. The summed E-state index contributed by atoms with van der Waals surface area (Å²) in [5, 5.41) is 0.141. The zero-order valence-electron chi connectivity index (χ0n) is 9.63. The predicted octanol–water partition coefficient (Wildman–Crippen LogP) is 3.42. The molecule has 0 fully saturated rings. The Kier molecular flexibility index (Phi) is 5.19. The van der Waals surface area contributed by atoms with Crippen LogP contribution in [-0.4, -0.2) is 0 Å². The van der Waals surface area contributed by atoms with Crippen LogP contribution in [0.5, 0.6) is 0 Å². The summed E-state index contributed by atoms with van der Waals surface area (Å²) in [6, 6.07) is 4.81. The van der Waals surface area contributed by atoms with Gasteiger partial charge in [-0.15, -0.1) is 0 Å². The zero-order valence-corrected chi connectivity index (χ0v) is 10.4. The smallest absolute Gasteiger partial charge is 0.146 e. The summed E-state index contributed by atoms with van der Waals surface area (Å²) in [6.07, 6.45) is 1.78. The molecule has 0 aliphatic rings. The fraction of sp³-hybridized carbons (Fsp3) is 0.500. The molecule has 1 rings (SSSR count). The van der Waals surface area contributed by atoms with E-state index in [9.17, 15) is 4.39 Å². The molecule has 0 aromatic heterocycles. The van der Waals surface area contributed by atoms with Crippen LogP contribution in [0, 0.1) is 11.7 Å². The summed E-state index contributed by atoms with van der Waals surface area (Å²) in [6.45, 7) is 4.25. The Bertz CT molecular complexity index is 342. The first-order valence-electron chi connectivity index (χ1n) is 5.46. The van der Waals surface area contributed by atoms with Gasteiger partial charge < -0.3 is 0 Å². The van der Waals surface area contributed by atoms with Crippen LogP contribution in [0.15, 0.2) is 18.2 Å². The van der Waals surface area contributed by atoms with Crippen LogP contribution in [0.1, 0.15) is 38.3 Å². The average Bonchev–Trinajstić information content (AvgIpc) is 2.24. The summed E-state index contributed by atoms with van der Waals surface area (Å²) in [7, 11) is 0. The Balaban J connectivity index is 2.82. The highest BCUT2D eigenvalue weighted by Gasteiger charge is 2.16. The number of nitrogens with one attached hydrogen (secondary N) is 1. The first-order valence-corrected chi connectivity index (χ1v) is 5.84. The van der Waals surface area contributed by atoms with Gasteiger partial charge in [0, 0.05) is 11.6 Å². The number of benzene rings is 1. The summed E-state index contributed by atoms with van der Waals surface area (Å²) < 4.78 is 13.7. The Hall–Kier alpha value is -0.640. The number of nitrogens with two attached hydrogens (primary N) is 1. The van der Waals surface area contributed by atoms with E-state index >= 15 is 0 Å². The highest BCUT2D eigenvalue weighted by atomic mass is 35.5. The average molecular weight is 245 g/mol. The van der Waals surface area contributed by atoms with E-state index in [4.69, 9.17) is 17.4 Å². The van der Waals surface area contributed by atoms with Gasteiger partial charge in [-0.3, -0.25) is 11.3 Å². The Morgan fingerprint density at radius 2 is 2.06 bits per heavy atom. The molecule has 4 heteroatoms. The third kappa shape index (κ3) is 3.44.